The number of carbonyl (C=O) groups excluding carboxylic acids is 1. The zero-order valence-electron chi connectivity index (χ0n) is 15.8. The first-order valence-electron chi connectivity index (χ1n) is 9.22. The Hall–Kier alpha value is -3.06. The molecule has 2 aromatic carbocycles. The second-order valence-electron chi connectivity index (χ2n) is 6.75. The monoisotopic (exact) mass is 465 g/mol. The zero-order valence-corrected chi connectivity index (χ0v) is 18.1. The van der Waals surface area contributed by atoms with Crippen molar-refractivity contribution in [2.75, 3.05) is 0 Å². The van der Waals surface area contributed by atoms with Crippen LogP contribution in [-0.4, -0.2) is 21.8 Å². The van der Waals surface area contributed by atoms with Crippen LogP contribution in [0.2, 0.25) is 10.0 Å². The smallest absolute Gasteiger partial charge is 0.283 e. The zero-order chi connectivity index (χ0) is 21.5. The summed E-state index contributed by atoms with van der Waals surface area (Å²) in [4.78, 5) is 18.5. The Morgan fingerprint density at radius 2 is 1.87 bits per heavy atom. The molecule has 31 heavy (non-hydrogen) atoms. The summed E-state index contributed by atoms with van der Waals surface area (Å²) >= 11 is 13.6. The molecule has 0 spiro atoms. The molecule has 5 rings (SSSR count). The van der Waals surface area contributed by atoms with E-state index in [4.69, 9.17) is 33.0 Å². The van der Waals surface area contributed by atoms with Gasteiger partial charge in [-0.15, -0.1) is 0 Å². The fourth-order valence-electron chi connectivity index (χ4n) is 3.32. The third kappa shape index (κ3) is 3.63. The molecule has 152 valence electrons. The maximum absolute atomic E-state index is 12.6. The Bertz CT molecular complexity index is 1330. The Balaban J connectivity index is 1.49. The molecular formula is C23H13Cl2N3O2S. The van der Waals surface area contributed by atoms with Gasteiger partial charge in [-0.3, -0.25) is 15.1 Å². The second-order valence-corrected chi connectivity index (χ2v) is 8.43. The van der Waals surface area contributed by atoms with Crippen LogP contribution in [0.4, 0.5) is 0 Å². The average molecular weight is 466 g/mol. The van der Waals surface area contributed by atoms with Gasteiger partial charge in [0.15, 0.2) is 5.17 Å². The minimum absolute atomic E-state index is 0.0533. The molecule has 1 amide bonds. The van der Waals surface area contributed by atoms with Crippen molar-refractivity contribution >= 4 is 63.6 Å². The van der Waals surface area contributed by atoms with Crippen molar-refractivity contribution in [2.45, 2.75) is 0 Å². The number of nitrogens with one attached hydrogen (secondary N) is 1. The van der Waals surface area contributed by atoms with Gasteiger partial charge >= 0.3 is 0 Å². The molecule has 5 nitrogen and oxygen atoms in total. The Labute approximate surface area is 192 Å². The maximum Gasteiger partial charge on any atom is 0.283 e. The lowest BCUT2D eigenvalue weighted by Gasteiger charge is -2.26. The molecule has 3 heterocycles. The van der Waals surface area contributed by atoms with Crippen LogP contribution >= 0.6 is 35.0 Å². The lowest BCUT2D eigenvalue weighted by molar-refractivity contribution is -0.114. The van der Waals surface area contributed by atoms with Crippen LogP contribution in [-0.2, 0) is 4.79 Å². The van der Waals surface area contributed by atoms with Crippen LogP contribution in [0.25, 0.3) is 23.1 Å². The van der Waals surface area contributed by atoms with Crippen LogP contribution in [0.15, 0.2) is 81.1 Å². The molecule has 2 aliphatic heterocycles. The average Bonchev–Trinajstić information content (AvgIpc) is 3.39. The van der Waals surface area contributed by atoms with E-state index in [1.165, 1.54) is 17.8 Å². The van der Waals surface area contributed by atoms with Crippen molar-refractivity contribution < 1.29 is 9.21 Å². The molecule has 0 saturated carbocycles. The topological polar surface area (TPSA) is 69.7 Å². The van der Waals surface area contributed by atoms with Crippen molar-refractivity contribution in [2.24, 2.45) is 4.99 Å². The highest BCUT2D eigenvalue weighted by atomic mass is 35.5. The molecule has 1 N–H and O–H groups in total. The summed E-state index contributed by atoms with van der Waals surface area (Å²) in [6.07, 6.45) is 1.53. The summed E-state index contributed by atoms with van der Waals surface area (Å²) in [6, 6.07) is 18.3. The SMILES string of the molecule is N=C1/C(=C/c2ccc(-c3ccc(Cl)cc3Cl)o2)C(=O)N=C2SC=C(c3ccccc3)N12. The van der Waals surface area contributed by atoms with Crippen molar-refractivity contribution in [3.63, 3.8) is 0 Å². The van der Waals surface area contributed by atoms with Crippen LogP contribution in [0.5, 0.6) is 0 Å². The number of amidine groups is 2. The normalized spacial score (nSPS) is 17.1. The van der Waals surface area contributed by atoms with Gasteiger partial charge in [-0.05, 0) is 42.0 Å². The van der Waals surface area contributed by atoms with Gasteiger partial charge in [0.2, 0.25) is 0 Å². The van der Waals surface area contributed by atoms with E-state index in [1.54, 1.807) is 35.2 Å². The predicted molar refractivity (Wildman–Crippen MR) is 126 cm³/mol. The number of furan rings is 1. The quantitative estimate of drug-likeness (QED) is 0.444. The first-order valence-corrected chi connectivity index (χ1v) is 10.9. The lowest BCUT2D eigenvalue weighted by atomic mass is 10.1. The molecule has 0 saturated heterocycles. The van der Waals surface area contributed by atoms with Crippen molar-refractivity contribution in [3.05, 3.63) is 93.0 Å². The van der Waals surface area contributed by atoms with Gasteiger partial charge in [0.05, 0.1) is 16.3 Å². The molecule has 0 radical (unpaired) electrons. The van der Waals surface area contributed by atoms with Gasteiger partial charge in [0.1, 0.15) is 17.4 Å². The van der Waals surface area contributed by atoms with Crippen molar-refractivity contribution in [3.8, 4) is 11.3 Å². The number of carbonyl (C=O) groups is 1. The molecule has 0 unspecified atom stereocenters. The Morgan fingerprint density at radius 3 is 2.65 bits per heavy atom. The van der Waals surface area contributed by atoms with E-state index >= 15 is 0 Å². The summed E-state index contributed by atoms with van der Waals surface area (Å²) in [5.41, 5.74) is 2.58. The number of amides is 1. The number of thioether (sulfide) groups is 1. The molecule has 0 atom stereocenters. The maximum atomic E-state index is 12.6. The number of nitrogens with zero attached hydrogens (tertiary/aromatic N) is 2. The first-order chi connectivity index (χ1) is 15.0. The molecule has 2 aliphatic rings. The number of hydrogen-bond donors (Lipinski definition) is 1. The third-order valence-corrected chi connectivity index (χ3v) is 6.17. The Morgan fingerprint density at radius 1 is 1.06 bits per heavy atom. The molecule has 1 aromatic heterocycles. The fourth-order valence-corrected chi connectivity index (χ4v) is 4.71. The van der Waals surface area contributed by atoms with E-state index in [1.807, 2.05) is 35.7 Å². The number of aliphatic imine (C=N–C) groups is 1. The van der Waals surface area contributed by atoms with E-state index < -0.39 is 5.91 Å². The van der Waals surface area contributed by atoms with Gasteiger partial charge in [-0.1, -0.05) is 65.3 Å². The van der Waals surface area contributed by atoms with Crippen molar-refractivity contribution in [1.29, 1.82) is 5.41 Å². The summed E-state index contributed by atoms with van der Waals surface area (Å²) in [5.74, 6) is 0.533. The summed E-state index contributed by atoms with van der Waals surface area (Å²) in [6.45, 7) is 0. The van der Waals surface area contributed by atoms with E-state index in [2.05, 4.69) is 4.99 Å². The molecular weight excluding hydrogens is 453 g/mol. The lowest BCUT2D eigenvalue weighted by Crippen LogP contribution is -2.37. The van der Waals surface area contributed by atoms with Gasteiger partial charge in [-0.2, -0.15) is 4.99 Å². The molecule has 0 aliphatic carbocycles. The van der Waals surface area contributed by atoms with Gasteiger partial charge in [0.25, 0.3) is 5.91 Å². The highest BCUT2D eigenvalue weighted by Crippen LogP contribution is 2.38. The minimum Gasteiger partial charge on any atom is -0.457 e. The largest absolute Gasteiger partial charge is 0.457 e. The van der Waals surface area contributed by atoms with Gasteiger partial charge in [0, 0.05) is 16.0 Å². The van der Waals surface area contributed by atoms with Gasteiger partial charge < -0.3 is 4.42 Å². The van der Waals surface area contributed by atoms with Crippen LogP contribution < -0.4 is 0 Å². The van der Waals surface area contributed by atoms with Crippen LogP contribution in [0, 0.1) is 5.41 Å². The fraction of sp³-hybridized carbons (Fsp3) is 0. The highest BCUT2D eigenvalue weighted by molar-refractivity contribution is 8.17. The summed E-state index contributed by atoms with van der Waals surface area (Å²) in [5, 5.41) is 12.0. The number of hydrogen-bond acceptors (Lipinski definition) is 4. The number of rotatable bonds is 3. The minimum atomic E-state index is -0.478. The first kappa shape index (κ1) is 19.9. The third-order valence-electron chi connectivity index (χ3n) is 4.79. The number of halogens is 2. The summed E-state index contributed by atoms with van der Waals surface area (Å²) < 4.78 is 5.87. The second kappa shape index (κ2) is 7.89. The summed E-state index contributed by atoms with van der Waals surface area (Å²) in [7, 11) is 0. The standard InChI is InChI=1S/C23H13Cl2N3O2S/c24-14-6-8-16(18(25)10-14)20-9-7-15(30-20)11-17-21(26)28-19(13-4-2-1-3-5-13)12-31-23(28)27-22(17)29/h1-12,26H/b17-11-,26-21?. The van der Waals surface area contributed by atoms with Crippen molar-refractivity contribution in [1.82, 2.24) is 4.90 Å². The highest BCUT2D eigenvalue weighted by Gasteiger charge is 2.36. The number of benzene rings is 2. The van der Waals surface area contributed by atoms with Gasteiger partial charge in [-0.25, -0.2) is 0 Å². The molecule has 0 bridgehead atoms. The molecule has 8 heteroatoms. The van der Waals surface area contributed by atoms with E-state index in [0.29, 0.717) is 32.3 Å². The predicted octanol–water partition coefficient (Wildman–Crippen LogP) is 6.56. The molecule has 0 fully saturated rings. The number of fused-ring (bicyclic) bond motifs is 1. The Kier molecular flexibility index (Phi) is 5.06. The van der Waals surface area contributed by atoms with Crippen LogP contribution in [0.1, 0.15) is 11.3 Å². The van der Waals surface area contributed by atoms with E-state index in [9.17, 15) is 4.79 Å². The van der Waals surface area contributed by atoms with E-state index in [0.717, 1.165) is 11.3 Å². The van der Waals surface area contributed by atoms with E-state index in [-0.39, 0.29) is 11.4 Å². The van der Waals surface area contributed by atoms with Crippen LogP contribution in [0.3, 0.4) is 0 Å². The molecule has 3 aromatic rings.